The van der Waals surface area contributed by atoms with E-state index in [-0.39, 0.29) is 12.3 Å². The fourth-order valence-corrected chi connectivity index (χ4v) is 2.51. The largest absolute Gasteiger partial charge is 0.481 e. The third-order valence-corrected chi connectivity index (χ3v) is 3.42. The van der Waals surface area contributed by atoms with Crippen molar-refractivity contribution in [3.05, 3.63) is 17.5 Å². The number of carbonyl (C=O) groups excluding carboxylic acids is 1. The Morgan fingerprint density at radius 1 is 1.50 bits per heavy atom. The zero-order valence-corrected chi connectivity index (χ0v) is 10.2. The van der Waals surface area contributed by atoms with Gasteiger partial charge in [0.05, 0.1) is 18.2 Å². The van der Waals surface area contributed by atoms with Crippen molar-refractivity contribution >= 4 is 11.9 Å². The number of hydrogen-bond acceptors (Lipinski definition) is 4. The molecule has 1 heterocycles. The highest BCUT2D eigenvalue weighted by Crippen LogP contribution is 2.33. The number of aryl methyl sites for hydroxylation is 1. The van der Waals surface area contributed by atoms with Gasteiger partial charge in [0, 0.05) is 0 Å². The van der Waals surface area contributed by atoms with E-state index in [1.54, 1.807) is 6.92 Å². The minimum atomic E-state index is -0.890. The number of carboxylic acid groups (broad SMARTS) is 1. The Kier molecular flexibility index (Phi) is 3.36. The molecule has 0 atom stereocenters. The first-order chi connectivity index (χ1) is 8.52. The summed E-state index contributed by atoms with van der Waals surface area (Å²) in [5.74, 6) is -0.757. The Balaban J connectivity index is 2.12. The molecular weight excluding hydrogens is 236 g/mol. The minimum absolute atomic E-state index is 0.0386. The Hall–Kier alpha value is -1.85. The summed E-state index contributed by atoms with van der Waals surface area (Å²) < 4.78 is 4.84. The Morgan fingerprint density at radius 2 is 2.17 bits per heavy atom. The molecule has 2 N–H and O–H groups in total. The van der Waals surface area contributed by atoms with Gasteiger partial charge in [-0.3, -0.25) is 9.59 Å². The van der Waals surface area contributed by atoms with Gasteiger partial charge in [0.1, 0.15) is 11.3 Å². The van der Waals surface area contributed by atoms with Crippen LogP contribution in [-0.4, -0.2) is 27.7 Å². The van der Waals surface area contributed by atoms with Crippen LogP contribution in [0.2, 0.25) is 0 Å². The lowest BCUT2D eigenvalue weighted by Gasteiger charge is -2.28. The van der Waals surface area contributed by atoms with Crippen LogP contribution in [0.3, 0.4) is 0 Å². The summed E-state index contributed by atoms with van der Waals surface area (Å²) in [4.78, 5) is 23.0. The van der Waals surface area contributed by atoms with Crippen LogP contribution in [0.15, 0.2) is 10.7 Å². The van der Waals surface area contributed by atoms with Gasteiger partial charge in [-0.05, 0) is 19.8 Å². The summed E-state index contributed by atoms with van der Waals surface area (Å²) in [7, 11) is 0. The van der Waals surface area contributed by atoms with Gasteiger partial charge in [-0.25, -0.2) is 0 Å². The van der Waals surface area contributed by atoms with Crippen molar-refractivity contribution in [1.82, 2.24) is 10.5 Å². The van der Waals surface area contributed by atoms with Gasteiger partial charge in [0.25, 0.3) is 5.91 Å². The van der Waals surface area contributed by atoms with Gasteiger partial charge in [0.2, 0.25) is 0 Å². The number of aliphatic carboxylic acids is 1. The van der Waals surface area contributed by atoms with Crippen LogP contribution in [0.25, 0.3) is 0 Å². The monoisotopic (exact) mass is 252 g/mol. The second kappa shape index (κ2) is 4.80. The van der Waals surface area contributed by atoms with Crippen LogP contribution in [-0.2, 0) is 4.79 Å². The van der Waals surface area contributed by atoms with Crippen molar-refractivity contribution in [3.63, 3.8) is 0 Å². The third kappa shape index (κ3) is 2.52. The number of nitrogens with zero attached hydrogens (tertiary/aromatic N) is 1. The lowest BCUT2D eigenvalue weighted by atomic mass is 9.92. The first-order valence-corrected chi connectivity index (χ1v) is 5.98. The molecular formula is C12H16N2O4. The lowest BCUT2D eigenvalue weighted by molar-refractivity contribution is -0.138. The van der Waals surface area contributed by atoms with E-state index < -0.39 is 11.5 Å². The van der Waals surface area contributed by atoms with Crippen molar-refractivity contribution in [1.29, 1.82) is 0 Å². The number of carboxylic acids is 1. The highest BCUT2D eigenvalue weighted by molar-refractivity contribution is 5.95. The SMILES string of the molecule is Cc1oncc1C(=O)NC1(CC(=O)O)CCCC1. The molecule has 0 aliphatic heterocycles. The molecule has 0 aromatic carbocycles. The zero-order valence-electron chi connectivity index (χ0n) is 10.2. The second-order valence-electron chi connectivity index (χ2n) is 4.81. The molecule has 1 aliphatic rings. The summed E-state index contributed by atoms with van der Waals surface area (Å²) in [6, 6.07) is 0. The van der Waals surface area contributed by atoms with Crippen molar-refractivity contribution in [3.8, 4) is 0 Å². The van der Waals surface area contributed by atoms with Crippen molar-refractivity contribution in [2.75, 3.05) is 0 Å². The minimum Gasteiger partial charge on any atom is -0.481 e. The Morgan fingerprint density at radius 3 is 2.67 bits per heavy atom. The molecule has 6 nitrogen and oxygen atoms in total. The van der Waals surface area contributed by atoms with E-state index in [0.29, 0.717) is 24.2 Å². The number of hydrogen-bond donors (Lipinski definition) is 2. The summed E-state index contributed by atoms with van der Waals surface area (Å²) >= 11 is 0. The first-order valence-electron chi connectivity index (χ1n) is 5.98. The molecule has 2 rings (SSSR count). The number of carbonyl (C=O) groups is 2. The highest BCUT2D eigenvalue weighted by atomic mass is 16.5. The molecule has 0 unspecified atom stereocenters. The highest BCUT2D eigenvalue weighted by Gasteiger charge is 2.38. The number of amides is 1. The molecule has 98 valence electrons. The summed E-state index contributed by atoms with van der Waals surface area (Å²) in [5, 5.41) is 15.4. The van der Waals surface area contributed by atoms with Crippen LogP contribution in [0.4, 0.5) is 0 Å². The third-order valence-electron chi connectivity index (χ3n) is 3.42. The number of rotatable bonds is 4. The van der Waals surface area contributed by atoms with Crippen LogP contribution in [0, 0.1) is 6.92 Å². The molecule has 1 fully saturated rings. The molecule has 18 heavy (non-hydrogen) atoms. The average molecular weight is 252 g/mol. The summed E-state index contributed by atoms with van der Waals surface area (Å²) in [6.45, 7) is 1.65. The molecule has 6 heteroatoms. The molecule has 1 aliphatic carbocycles. The maximum atomic E-state index is 12.1. The van der Waals surface area contributed by atoms with E-state index in [9.17, 15) is 9.59 Å². The Bertz CT molecular complexity index is 460. The second-order valence-corrected chi connectivity index (χ2v) is 4.81. The van der Waals surface area contributed by atoms with Gasteiger partial charge in [-0.15, -0.1) is 0 Å². The van der Waals surface area contributed by atoms with E-state index in [1.807, 2.05) is 0 Å². The average Bonchev–Trinajstić information content (AvgIpc) is 2.86. The summed E-state index contributed by atoms with van der Waals surface area (Å²) in [6.07, 6.45) is 4.61. The van der Waals surface area contributed by atoms with Gasteiger partial charge < -0.3 is 14.9 Å². The molecule has 0 radical (unpaired) electrons. The molecule has 0 saturated heterocycles. The fourth-order valence-electron chi connectivity index (χ4n) is 2.51. The Labute approximate surface area is 104 Å². The van der Waals surface area contributed by atoms with Crippen LogP contribution < -0.4 is 5.32 Å². The van der Waals surface area contributed by atoms with Gasteiger partial charge >= 0.3 is 5.97 Å². The van der Waals surface area contributed by atoms with Crippen LogP contribution >= 0.6 is 0 Å². The van der Waals surface area contributed by atoms with Crippen molar-refractivity contribution in [2.45, 2.75) is 44.6 Å². The molecule has 1 saturated carbocycles. The van der Waals surface area contributed by atoms with E-state index in [0.717, 1.165) is 12.8 Å². The molecule has 0 bridgehead atoms. The number of nitrogens with one attached hydrogen (secondary N) is 1. The maximum Gasteiger partial charge on any atom is 0.305 e. The van der Waals surface area contributed by atoms with Gasteiger partial charge in [0.15, 0.2) is 0 Å². The standard InChI is InChI=1S/C12H16N2O4/c1-8-9(7-13-18-8)11(17)14-12(6-10(15)16)4-2-3-5-12/h7H,2-6H2,1H3,(H,14,17)(H,15,16). The van der Waals surface area contributed by atoms with Gasteiger partial charge in [-0.1, -0.05) is 18.0 Å². The predicted octanol–water partition coefficient (Wildman–Crippen LogP) is 1.50. The van der Waals surface area contributed by atoms with Crippen molar-refractivity contribution in [2.24, 2.45) is 0 Å². The number of aromatic nitrogens is 1. The quantitative estimate of drug-likeness (QED) is 0.847. The normalized spacial score (nSPS) is 17.6. The predicted molar refractivity (Wildman–Crippen MR) is 62.2 cm³/mol. The topological polar surface area (TPSA) is 92.4 Å². The van der Waals surface area contributed by atoms with Crippen LogP contribution in [0.1, 0.15) is 48.2 Å². The first kappa shape index (κ1) is 12.6. The van der Waals surface area contributed by atoms with E-state index >= 15 is 0 Å². The fraction of sp³-hybridized carbons (Fsp3) is 0.583. The van der Waals surface area contributed by atoms with E-state index in [4.69, 9.17) is 9.63 Å². The maximum absolute atomic E-state index is 12.1. The molecule has 1 aromatic heterocycles. The summed E-state index contributed by atoms with van der Waals surface area (Å²) in [5.41, 5.74) is -0.251. The molecule has 1 amide bonds. The lowest BCUT2D eigenvalue weighted by Crippen LogP contribution is -2.47. The van der Waals surface area contributed by atoms with E-state index in [1.165, 1.54) is 6.20 Å². The molecule has 0 spiro atoms. The van der Waals surface area contributed by atoms with Crippen LogP contribution in [0.5, 0.6) is 0 Å². The van der Waals surface area contributed by atoms with Crippen molar-refractivity contribution < 1.29 is 19.2 Å². The van der Waals surface area contributed by atoms with Gasteiger partial charge in [-0.2, -0.15) is 0 Å². The van der Waals surface area contributed by atoms with E-state index in [2.05, 4.69) is 10.5 Å². The molecule has 1 aromatic rings. The smallest absolute Gasteiger partial charge is 0.305 e. The zero-order chi connectivity index (χ0) is 13.2.